The maximum absolute atomic E-state index is 5.26. The van der Waals surface area contributed by atoms with Crippen LogP contribution in [0.4, 0.5) is 0 Å². The predicted octanol–water partition coefficient (Wildman–Crippen LogP) is 1.25. The van der Waals surface area contributed by atoms with Gasteiger partial charge in [-0.25, -0.2) is 0 Å². The molecule has 1 N–H and O–H groups in total. The number of hydrogen-bond donors (Lipinski definition) is 1. The number of rotatable bonds is 1. The van der Waals surface area contributed by atoms with Crippen LogP contribution in [0.1, 0.15) is 20.8 Å². The highest BCUT2D eigenvalue weighted by Gasteiger charge is 2.19. The minimum absolute atomic E-state index is 0.170. The highest BCUT2D eigenvalue weighted by Crippen LogP contribution is 2.17. The molecule has 0 fully saturated rings. The summed E-state index contributed by atoms with van der Waals surface area (Å²) in [5.74, 6) is 2.68. The Balaban J connectivity index is 4.00. The first-order valence-corrected chi connectivity index (χ1v) is 3.15. The fourth-order valence-corrected chi connectivity index (χ4v) is 0.766. The summed E-state index contributed by atoms with van der Waals surface area (Å²) in [5.41, 5.74) is 0.170. The van der Waals surface area contributed by atoms with Crippen LogP contribution in [-0.4, -0.2) is 13.1 Å². The normalized spacial score (nSPS) is 14.6. The van der Waals surface area contributed by atoms with Crippen LogP contribution in [-0.2, 0) is 0 Å². The van der Waals surface area contributed by atoms with E-state index in [0.717, 1.165) is 0 Å². The summed E-state index contributed by atoms with van der Waals surface area (Å²) in [6.45, 7) is 6.36. The van der Waals surface area contributed by atoms with E-state index >= 15 is 0 Å². The van der Waals surface area contributed by atoms with Crippen molar-refractivity contribution in [2.45, 2.75) is 26.8 Å². The summed E-state index contributed by atoms with van der Waals surface area (Å²) < 4.78 is 0. The van der Waals surface area contributed by atoms with Gasteiger partial charge >= 0.3 is 0 Å². The molecule has 0 spiro atoms. The Labute approximate surface area is 57.8 Å². The van der Waals surface area contributed by atoms with Gasteiger partial charge in [0, 0.05) is 0 Å². The maximum atomic E-state index is 5.26. The number of nitrogens with one attached hydrogen (secondary N) is 1. The van der Waals surface area contributed by atoms with E-state index in [4.69, 9.17) is 6.42 Å². The second-order valence-electron chi connectivity index (χ2n) is 3.25. The van der Waals surface area contributed by atoms with E-state index in [0.29, 0.717) is 0 Å². The molecule has 0 aromatic rings. The summed E-state index contributed by atoms with van der Waals surface area (Å²) in [6, 6.07) is 0.178. The number of hydrogen-bond acceptors (Lipinski definition) is 1. The van der Waals surface area contributed by atoms with Crippen molar-refractivity contribution < 1.29 is 0 Å². The Morgan fingerprint density at radius 3 is 1.89 bits per heavy atom. The number of terminal acetylenes is 1. The van der Waals surface area contributed by atoms with Crippen molar-refractivity contribution >= 4 is 0 Å². The molecule has 52 valence electrons. The van der Waals surface area contributed by atoms with Gasteiger partial charge in [0.05, 0.1) is 6.04 Å². The zero-order valence-corrected chi connectivity index (χ0v) is 6.65. The van der Waals surface area contributed by atoms with Crippen LogP contribution in [0.5, 0.6) is 0 Å². The predicted molar refractivity (Wildman–Crippen MR) is 41.1 cm³/mol. The van der Waals surface area contributed by atoms with E-state index in [1.807, 2.05) is 7.05 Å². The molecule has 0 aromatic carbocycles. The molecule has 0 aliphatic heterocycles. The molecule has 0 rings (SSSR count). The largest absolute Gasteiger partial charge is 0.306 e. The molecule has 0 radical (unpaired) electrons. The fourth-order valence-electron chi connectivity index (χ4n) is 0.766. The Bertz CT molecular complexity index is 114. The molecule has 1 atom stereocenters. The topological polar surface area (TPSA) is 12.0 Å². The molecule has 1 nitrogen and oxygen atoms in total. The average molecular weight is 125 g/mol. The third kappa shape index (κ3) is 2.53. The summed E-state index contributed by atoms with van der Waals surface area (Å²) in [7, 11) is 1.88. The summed E-state index contributed by atoms with van der Waals surface area (Å²) >= 11 is 0. The van der Waals surface area contributed by atoms with Gasteiger partial charge in [-0.2, -0.15) is 0 Å². The molecular weight excluding hydrogens is 110 g/mol. The van der Waals surface area contributed by atoms with Crippen LogP contribution < -0.4 is 5.32 Å². The smallest absolute Gasteiger partial charge is 0.0733 e. The van der Waals surface area contributed by atoms with Gasteiger partial charge in [-0.05, 0) is 12.5 Å². The zero-order chi connectivity index (χ0) is 7.49. The van der Waals surface area contributed by atoms with Crippen LogP contribution in [0.3, 0.4) is 0 Å². The molecular formula is C8H15N. The fraction of sp³-hybridized carbons (Fsp3) is 0.750. The SMILES string of the molecule is C#CC(NC)C(C)(C)C. The lowest BCUT2D eigenvalue weighted by Crippen LogP contribution is -2.36. The molecule has 0 aliphatic rings. The van der Waals surface area contributed by atoms with Gasteiger partial charge in [0.2, 0.25) is 0 Å². The highest BCUT2D eigenvalue weighted by molar-refractivity contribution is 5.03. The first-order valence-electron chi connectivity index (χ1n) is 3.15. The third-order valence-electron chi connectivity index (χ3n) is 1.32. The van der Waals surface area contributed by atoms with E-state index in [1.165, 1.54) is 0 Å². The summed E-state index contributed by atoms with van der Waals surface area (Å²) in [6.07, 6.45) is 5.26. The maximum Gasteiger partial charge on any atom is 0.0733 e. The summed E-state index contributed by atoms with van der Waals surface area (Å²) in [4.78, 5) is 0. The van der Waals surface area contributed by atoms with Crippen molar-refractivity contribution in [1.82, 2.24) is 5.32 Å². The minimum atomic E-state index is 0.170. The standard InChI is InChI=1S/C8H15N/c1-6-7(9-5)8(2,3)4/h1,7,9H,2-5H3. The van der Waals surface area contributed by atoms with E-state index in [1.54, 1.807) is 0 Å². The molecule has 0 aliphatic carbocycles. The van der Waals surface area contributed by atoms with Crippen molar-refractivity contribution in [3.8, 4) is 12.3 Å². The van der Waals surface area contributed by atoms with Crippen molar-refractivity contribution in [2.75, 3.05) is 7.05 Å². The van der Waals surface area contributed by atoms with Crippen molar-refractivity contribution in [1.29, 1.82) is 0 Å². The molecule has 0 aromatic heterocycles. The molecule has 0 bridgehead atoms. The van der Waals surface area contributed by atoms with Crippen molar-refractivity contribution in [3.63, 3.8) is 0 Å². The lowest BCUT2D eigenvalue weighted by Gasteiger charge is -2.25. The molecule has 1 unspecified atom stereocenters. The van der Waals surface area contributed by atoms with E-state index in [9.17, 15) is 0 Å². The summed E-state index contributed by atoms with van der Waals surface area (Å²) in [5, 5.41) is 3.06. The van der Waals surface area contributed by atoms with Crippen molar-refractivity contribution in [2.24, 2.45) is 5.41 Å². The van der Waals surface area contributed by atoms with Crippen LogP contribution in [0.15, 0.2) is 0 Å². The van der Waals surface area contributed by atoms with Gasteiger partial charge in [-0.3, -0.25) is 0 Å². The minimum Gasteiger partial charge on any atom is -0.306 e. The van der Waals surface area contributed by atoms with Crippen LogP contribution in [0.25, 0.3) is 0 Å². The zero-order valence-electron chi connectivity index (χ0n) is 6.65. The monoisotopic (exact) mass is 125 g/mol. The van der Waals surface area contributed by atoms with Crippen molar-refractivity contribution in [3.05, 3.63) is 0 Å². The Kier molecular flexibility index (Phi) is 2.73. The molecule has 9 heavy (non-hydrogen) atoms. The molecule has 0 saturated heterocycles. The second-order valence-corrected chi connectivity index (χ2v) is 3.25. The quantitative estimate of drug-likeness (QED) is 0.520. The Morgan fingerprint density at radius 1 is 1.44 bits per heavy atom. The average Bonchev–Trinajstić information content (AvgIpc) is 1.65. The van der Waals surface area contributed by atoms with Gasteiger partial charge in [-0.15, -0.1) is 6.42 Å². The van der Waals surface area contributed by atoms with E-state index in [2.05, 4.69) is 32.0 Å². The van der Waals surface area contributed by atoms with Crippen LogP contribution in [0, 0.1) is 17.8 Å². The Hall–Kier alpha value is -0.480. The Morgan fingerprint density at radius 2 is 1.89 bits per heavy atom. The van der Waals surface area contributed by atoms with E-state index < -0.39 is 0 Å². The van der Waals surface area contributed by atoms with Gasteiger partial charge < -0.3 is 5.32 Å². The molecule has 1 heteroatoms. The highest BCUT2D eigenvalue weighted by atomic mass is 14.9. The van der Waals surface area contributed by atoms with Gasteiger partial charge in [0.25, 0.3) is 0 Å². The van der Waals surface area contributed by atoms with Gasteiger partial charge in [0.1, 0.15) is 0 Å². The lowest BCUT2D eigenvalue weighted by molar-refractivity contribution is 0.337. The van der Waals surface area contributed by atoms with Gasteiger partial charge in [0.15, 0.2) is 0 Å². The van der Waals surface area contributed by atoms with E-state index in [-0.39, 0.29) is 11.5 Å². The molecule has 0 amide bonds. The van der Waals surface area contributed by atoms with Crippen LogP contribution >= 0.6 is 0 Å². The molecule has 0 heterocycles. The van der Waals surface area contributed by atoms with Gasteiger partial charge in [-0.1, -0.05) is 26.7 Å². The van der Waals surface area contributed by atoms with Crippen LogP contribution in [0.2, 0.25) is 0 Å². The second kappa shape index (κ2) is 2.89. The first-order chi connectivity index (χ1) is 4.02. The lowest BCUT2D eigenvalue weighted by atomic mass is 9.87. The first kappa shape index (κ1) is 8.52. The third-order valence-corrected chi connectivity index (χ3v) is 1.32. The molecule has 0 saturated carbocycles.